The van der Waals surface area contributed by atoms with E-state index in [1.165, 1.54) is 38.0 Å². The minimum Gasteiger partial charge on any atom is -0.261 e. The first-order valence-corrected chi connectivity index (χ1v) is 24.4. The van der Waals surface area contributed by atoms with Gasteiger partial charge in [-0.1, -0.05) is 111 Å². The summed E-state index contributed by atoms with van der Waals surface area (Å²) >= 11 is 0. The zero-order valence-electron chi connectivity index (χ0n) is 48.5. The van der Waals surface area contributed by atoms with Crippen LogP contribution in [0.15, 0.2) is 124 Å². The van der Waals surface area contributed by atoms with Crippen LogP contribution in [0.3, 0.4) is 0 Å². The standard InChI is InChI=1S/4C5H6N2.4C4H5N3.8C2H6/c1-5-2-6-4-7-3-5;1-5-4-6-2-3-7-5;1-5-2-3-6-4-7-5;1-5-6-3-2-4-7-5;1-4-6-2-5-3-7-4;1-4-2-6-7-3-5-4;1-4-2-5-3-6-7-4;1-4-5-2-3-6-7-4;8*1-2/h4*2-4H,1H3;4*2-3H,1H3;8*1-2H3. The van der Waals surface area contributed by atoms with Crippen LogP contribution in [0, 0.1) is 55.4 Å². The molecule has 8 aromatic heterocycles. The largest absolute Gasteiger partial charge is 0.261 e. The highest BCUT2D eigenvalue weighted by atomic mass is 15.1. The molecule has 0 aliphatic heterocycles. The fraction of sp³-hybridized carbons (Fsp3) is 0.462. The molecule has 0 fully saturated rings. The maximum atomic E-state index is 3.92. The van der Waals surface area contributed by atoms with E-state index in [1.807, 2.05) is 165 Å². The number of rotatable bonds is 0. The molecule has 0 bridgehead atoms. The molecule has 0 unspecified atom stereocenters. The number of hydrogen-bond acceptors (Lipinski definition) is 20. The van der Waals surface area contributed by atoms with Gasteiger partial charge < -0.3 is 0 Å². The summed E-state index contributed by atoms with van der Waals surface area (Å²) in [7, 11) is 0. The Morgan fingerprint density at radius 1 is 0.250 bits per heavy atom. The van der Waals surface area contributed by atoms with E-state index in [0.29, 0.717) is 5.82 Å². The molecule has 20 heteroatoms. The Hall–Kier alpha value is -7.64. The highest BCUT2D eigenvalue weighted by Gasteiger charge is 1.80. The van der Waals surface area contributed by atoms with Crippen LogP contribution in [0.25, 0.3) is 0 Å². The number of aryl methyl sites for hydroxylation is 8. The van der Waals surface area contributed by atoms with E-state index < -0.39 is 0 Å². The third kappa shape index (κ3) is 73.9. The van der Waals surface area contributed by atoms with Gasteiger partial charge in [0.05, 0.1) is 35.7 Å². The Kier molecular flexibility index (Phi) is 87.6. The molecule has 0 N–H and O–H groups in total. The summed E-state index contributed by atoms with van der Waals surface area (Å²) in [4.78, 5) is 53.1. The molecule has 0 saturated heterocycles. The molecular weight excluding hydrogens is 905 g/mol. The maximum absolute atomic E-state index is 3.92. The van der Waals surface area contributed by atoms with Crippen molar-refractivity contribution in [2.75, 3.05) is 0 Å². The zero-order chi connectivity index (χ0) is 56.9. The van der Waals surface area contributed by atoms with Gasteiger partial charge >= 0.3 is 0 Å². The van der Waals surface area contributed by atoms with Crippen molar-refractivity contribution in [2.24, 2.45) is 0 Å². The van der Waals surface area contributed by atoms with Crippen molar-refractivity contribution < 1.29 is 0 Å². The van der Waals surface area contributed by atoms with Crippen LogP contribution in [-0.4, -0.2) is 100 Å². The lowest BCUT2D eigenvalue weighted by molar-refractivity contribution is 0.907. The summed E-state index contributed by atoms with van der Waals surface area (Å²) < 4.78 is 0. The fourth-order valence-electron chi connectivity index (χ4n) is 2.70. The Labute approximate surface area is 435 Å². The molecule has 72 heavy (non-hydrogen) atoms. The van der Waals surface area contributed by atoms with Crippen LogP contribution in [0.4, 0.5) is 0 Å². The van der Waals surface area contributed by atoms with Crippen molar-refractivity contribution >= 4 is 0 Å². The molecule has 8 rings (SSSR count). The zero-order valence-corrected chi connectivity index (χ0v) is 48.5. The smallest absolute Gasteiger partial charge is 0.147 e. The van der Waals surface area contributed by atoms with Crippen LogP contribution in [0.5, 0.6) is 0 Å². The molecule has 0 amide bonds. The van der Waals surface area contributed by atoms with E-state index in [4.69, 9.17) is 0 Å². The van der Waals surface area contributed by atoms with E-state index in [1.54, 1.807) is 87.4 Å². The van der Waals surface area contributed by atoms with E-state index in [2.05, 4.69) is 100 Å². The first-order chi connectivity index (χ1) is 35.2. The summed E-state index contributed by atoms with van der Waals surface area (Å²) in [5, 5.41) is 21.4. The SMILES string of the molecule is CC.CC.CC.CC.CC.CC.CC.CC.Cc1ccncn1.Cc1cnccn1.Cc1cncnc1.Cc1cncnn1.Cc1cnncn1.Cc1ncccn1.Cc1nccnn1.Cc1ncncn1. The maximum Gasteiger partial charge on any atom is 0.147 e. The van der Waals surface area contributed by atoms with Crippen LogP contribution >= 0.6 is 0 Å². The van der Waals surface area contributed by atoms with Crippen molar-refractivity contribution in [1.29, 1.82) is 0 Å². The molecule has 0 aliphatic rings. The molecule has 0 radical (unpaired) electrons. The van der Waals surface area contributed by atoms with Crippen molar-refractivity contribution in [2.45, 2.75) is 166 Å². The minimum atomic E-state index is 0.711. The van der Waals surface area contributed by atoms with Crippen LogP contribution in [-0.2, 0) is 0 Å². The van der Waals surface area contributed by atoms with E-state index in [-0.39, 0.29) is 0 Å². The Morgan fingerprint density at radius 3 is 0.944 bits per heavy atom. The number of nitrogens with zero attached hydrogens (tertiary/aromatic N) is 20. The molecule has 20 nitrogen and oxygen atoms in total. The summed E-state index contributed by atoms with van der Waals surface area (Å²) in [5.74, 6) is 2.29. The average Bonchev–Trinajstić information content (AvgIpc) is 3.46. The van der Waals surface area contributed by atoms with Gasteiger partial charge in [-0.25, -0.2) is 59.8 Å². The quantitative estimate of drug-likeness (QED) is 0.137. The topological polar surface area (TPSA) is 258 Å². The van der Waals surface area contributed by atoms with Crippen LogP contribution in [0.1, 0.15) is 157 Å². The van der Waals surface area contributed by atoms with Crippen LogP contribution < -0.4 is 0 Å². The minimum absolute atomic E-state index is 0.711. The lowest BCUT2D eigenvalue weighted by Gasteiger charge is -1.81. The number of hydrogen-bond donors (Lipinski definition) is 0. The van der Waals surface area contributed by atoms with Gasteiger partial charge in [0.2, 0.25) is 0 Å². The third-order valence-electron chi connectivity index (χ3n) is 5.25. The Balaban J connectivity index is -0.000000104. The number of aromatic nitrogens is 20. The van der Waals surface area contributed by atoms with Gasteiger partial charge in [-0.2, -0.15) is 15.3 Å². The molecule has 8 heterocycles. The van der Waals surface area contributed by atoms with Crippen molar-refractivity contribution in [3.8, 4) is 0 Å². The third-order valence-corrected chi connectivity index (χ3v) is 5.25. The predicted molar refractivity (Wildman–Crippen MR) is 296 cm³/mol. The second kappa shape index (κ2) is 77.6. The van der Waals surface area contributed by atoms with Gasteiger partial charge in [-0.3, -0.25) is 9.97 Å². The second-order valence-corrected chi connectivity index (χ2v) is 10.3. The predicted octanol–water partition coefficient (Wildman–Crippen LogP) is 12.1. The van der Waals surface area contributed by atoms with Gasteiger partial charge in [0.1, 0.15) is 55.4 Å². The first-order valence-electron chi connectivity index (χ1n) is 24.4. The van der Waals surface area contributed by atoms with E-state index >= 15 is 0 Å². The van der Waals surface area contributed by atoms with E-state index in [9.17, 15) is 0 Å². The molecular formula is C52H92N20. The lowest BCUT2D eigenvalue weighted by Crippen LogP contribution is -1.85. The molecule has 8 aromatic rings. The molecule has 0 atom stereocenters. The Bertz CT molecular complexity index is 1550. The molecule has 0 saturated carbocycles. The van der Waals surface area contributed by atoms with Crippen molar-refractivity contribution in [3.05, 3.63) is 170 Å². The average molecular weight is 997 g/mol. The van der Waals surface area contributed by atoms with Gasteiger partial charge in [0.15, 0.2) is 0 Å². The monoisotopic (exact) mass is 997 g/mol. The van der Waals surface area contributed by atoms with Crippen molar-refractivity contribution in [3.63, 3.8) is 0 Å². The Morgan fingerprint density at radius 2 is 0.722 bits per heavy atom. The normalized spacial score (nSPS) is 7.44. The van der Waals surface area contributed by atoms with Gasteiger partial charge in [0.25, 0.3) is 0 Å². The molecule has 0 aliphatic carbocycles. The van der Waals surface area contributed by atoms with Gasteiger partial charge in [-0.05, 0) is 73.1 Å². The first kappa shape index (κ1) is 81.3. The highest BCUT2D eigenvalue weighted by Crippen LogP contribution is 1.85. The molecule has 0 aromatic carbocycles. The lowest BCUT2D eigenvalue weighted by atomic mass is 10.4. The molecule has 0 spiro atoms. The van der Waals surface area contributed by atoms with Crippen molar-refractivity contribution in [1.82, 2.24) is 100 Å². The van der Waals surface area contributed by atoms with Crippen LogP contribution in [0.2, 0.25) is 0 Å². The molecule has 400 valence electrons. The highest BCUT2D eigenvalue weighted by molar-refractivity contribution is 4.97. The summed E-state index contributed by atoms with van der Waals surface area (Å²) in [5.41, 5.74) is 4.82. The van der Waals surface area contributed by atoms with Gasteiger partial charge in [-0.15, -0.1) is 15.3 Å². The second-order valence-electron chi connectivity index (χ2n) is 10.3. The van der Waals surface area contributed by atoms with Gasteiger partial charge in [0, 0.05) is 61.5 Å². The van der Waals surface area contributed by atoms with E-state index in [0.717, 1.165) is 40.0 Å². The fourth-order valence-corrected chi connectivity index (χ4v) is 2.70. The summed E-state index contributed by atoms with van der Waals surface area (Å²) in [6.07, 6.45) is 29.0. The summed E-state index contributed by atoms with van der Waals surface area (Å²) in [6, 6.07) is 3.66. The summed E-state index contributed by atoms with van der Waals surface area (Å²) in [6.45, 7) is 47.0.